The van der Waals surface area contributed by atoms with Gasteiger partial charge in [0.15, 0.2) is 0 Å². The van der Waals surface area contributed by atoms with Crippen molar-refractivity contribution in [1.29, 1.82) is 5.26 Å². The highest BCUT2D eigenvalue weighted by Crippen LogP contribution is 2.26. The standard InChI is InChI=1S/C21H15FN4O2/c1-28-20(27)12-26-11-14(16-4-2-3-5-19(16)26)8-13(10-23)21-24-17-7-6-15(22)9-18(17)25-21/h2-9,11H,12H2,1H3,(H,24,25)/b13-8-. The van der Waals surface area contributed by atoms with E-state index < -0.39 is 0 Å². The minimum absolute atomic E-state index is 0.0661. The van der Waals surface area contributed by atoms with Gasteiger partial charge in [0.25, 0.3) is 0 Å². The number of H-pyrrole nitrogens is 1. The van der Waals surface area contributed by atoms with Crippen molar-refractivity contribution in [2.24, 2.45) is 0 Å². The molecule has 0 saturated heterocycles. The molecule has 0 saturated carbocycles. The molecule has 0 fully saturated rings. The monoisotopic (exact) mass is 374 g/mol. The Kier molecular flexibility index (Phi) is 4.38. The molecule has 138 valence electrons. The SMILES string of the molecule is COC(=O)Cn1cc(/C=C(/C#N)c2nc3ccc(F)cc3[nH]2)c2ccccc21. The van der Waals surface area contributed by atoms with E-state index in [0.29, 0.717) is 22.4 Å². The van der Waals surface area contributed by atoms with Crippen LogP contribution in [0.4, 0.5) is 4.39 Å². The van der Waals surface area contributed by atoms with Crippen LogP contribution in [0.15, 0.2) is 48.7 Å². The van der Waals surface area contributed by atoms with E-state index >= 15 is 0 Å². The predicted octanol–water partition coefficient (Wildman–Crippen LogP) is 3.89. The Bertz CT molecular complexity index is 1280. The van der Waals surface area contributed by atoms with Gasteiger partial charge in [0.2, 0.25) is 0 Å². The minimum atomic E-state index is -0.379. The second kappa shape index (κ2) is 7.00. The molecule has 7 heteroatoms. The molecule has 2 aromatic carbocycles. The quantitative estimate of drug-likeness (QED) is 0.434. The van der Waals surface area contributed by atoms with Gasteiger partial charge < -0.3 is 14.3 Å². The average Bonchev–Trinajstić information content (AvgIpc) is 3.27. The maximum atomic E-state index is 13.4. The van der Waals surface area contributed by atoms with Crippen molar-refractivity contribution < 1.29 is 13.9 Å². The normalized spacial score (nSPS) is 11.7. The zero-order chi connectivity index (χ0) is 19.7. The summed E-state index contributed by atoms with van der Waals surface area (Å²) in [7, 11) is 1.34. The van der Waals surface area contributed by atoms with Crippen LogP contribution in [0.25, 0.3) is 33.6 Å². The molecule has 0 amide bonds. The van der Waals surface area contributed by atoms with Crippen LogP contribution in [0, 0.1) is 17.1 Å². The predicted molar refractivity (Wildman–Crippen MR) is 103 cm³/mol. The van der Waals surface area contributed by atoms with E-state index in [9.17, 15) is 14.4 Å². The molecule has 0 radical (unpaired) electrons. The van der Waals surface area contributed by atoms with E-state index in [1.807, 2.05) is 24.3 Å². The van der Waals surface area contributed by atoms with Crippen molar-refractivity contribution >= 4 is 39.6 Å². The number of carbonyl (C=O) groups is 1. The summed E-state index contributed by atoms with van der Waals surface area (Å²) in [4.78, 5) is 19.1. The number of nitrogens with zero attached hydrogens (tertiary/aromatic N) is 3. The number of carbonyl (C=O) groups excluding carboxylic acids is 1. The number of hydrogen-bond donors (Lipinski definition) is 1. The summed E-state index contributed by atoms with van der Waals surface area (Å²) >= 11 is 0. The number of nitrogens with one attached hydrogen (secondary N) is 1. The molecular weight excluding hydrogens is 359 g/mol. The number of allylic oxidation sites excluding steroid dienone is 1. The van der Waals surface area contributed by atoms with Crippen LogP contribution in [0.2, 0.25) is 0 Å². The van der Waals surface area contributed by atoms with Crippen LogP contribution in [0.1, 0.15) is 11.4 Å². The number of fused-ring (bicyclic) bond motifs is 2. The lowest BCUT2D eigenvalue weighted by Crippen LogP contribution is -2.10. The zero-order valence-corrected chi connectivity index (χ0v) is 14.9. The molecule has 0 aliphatic carbocycles. The van der Waals surface area contributed by atoms with Crippen LogP contribution in [0.3, 0.4) is 0 Å². The highest BCUT2D eigenvalue weighted by Gasteiger charge is 2.13. The summed E-state index contributed by atoms with van der Waals surface area (Å²) in [5.41, 5.74) is 3.01. The summed E-state index contributed by atoms with van der Waals surface area (Å²) in [6.07, 6.45) is 3.49. The van der Waals surface area contributed by atoms with E-state index in [4.69, 9.17) is 4.74 Å². The van der Waals surface area contributed by atoms with Crippen molar-refractivity contribution in [2.45, 2.75) is 6.54 Å². The number of benzene rings is 2. The lowest BCUT2D eigenvalue weighted by molar-refractivity contribution is -0.141. The molecule has 0 aliphatic heterocycles. The van der Waals surface area contributed by atoms with Crippen molar-refractivity contribution in [3.05, 3.63) is 65.9 Å². The Morgan fingerprint density at radius 3 is 2.96 bits per heavy atom. The van der Waals surface area contributed by atoms with E-state index in [2.05, 4.69) is 16.0 Å². The first-order valence-corrected chi connectivity index (χ1v) is 8.51. The highest BCUT2D eigenvalue weighted by molar-refractivity contribution is 5.98. The highest BCUT2D eigenvalue weighted by atomic mass is 19.1. The van der Waals surface area contributed by atoms with Crippen molar-refractivity contribution in [3.8, 4) is 6.07 Å². The maximum Gasteiger partial charge on any atom is 0.325 e. The molecule has 2 aromatic heterocycles. The number of halogens is 1. The molecule has 4 rings (SSSR count). The number of esters is 1. The molecule has 0 unspecified atom stereocenters. The van der Waals surface area contributed by atoms with Gasteiger partial charge in [-0.15, -0.1) is 0 Å². The summed E-state index contributed by atoms with van der Waals surface area (Å²) < 4.78 is 19.9. The number of imidazole rings is 1. The van der Waals surface area contributed by atoms with Gasteiger partial charge in [-0.2, -0.15) is 5.26 Å². The average molecular weight is 374 g/mol. The van der Waals surface area contributed by atoms with Gasteiger partial charge in [-0.25, -0.2) is 9.37 Å². The molecule has 6 nitrogen and oxygen atoms in total. The number of aromatic nitrogens is 3. The fourth-order valence-electron chi connectivity index (χ4n) is 3.14. The Hall–Kier alpha value is -3.92. The van der Waals surface area contributed by atoms with Gasteiger partial charge in [0, 0.05) is 22.7 Å². The van der Waals surface area contributed by atoms with Gasteiger partial charge in [-0.3, -0.25) is 4.79 Å². The number of ether oxygens (including phenoxy) is 1. The minimum Gasteiger partial charge on any atom is -0.468 e. The Morgan fingerprint density at radius 1 is 1.36 bits per heavy atom. The molecule has 28 heavy (non-hydrogen) atoms. The van der Waals surface area contributed by atoms with Crippen molar-refractivity contribution in [1.82, 2.24) is 14.5 Å². The third-order valence-corrected chi connectivity index (χ3v) is 4.47. The second-order valence-corrected chi connectivity index (χ2v) is 6.22. The molecule has 2 heterocycles. The fourth-order valence-corrected chi connectivity index (χ4v) is 3.14. The first kappa shape index (κ1) is 17.5. The van der Waals surface area contributed by atoms with Crippen LogP contribution in [0.5, 0.6) is 0 Å². The maximum absolute atomic E-state index is 13.4. The Labute approximate surface area is 159 Å². The molecule has 0 aliphatic rings. The number of rotatable bonds is 4. The third-order valence-electron chi connectivity index (χ3n) is 4.47. The first-order chi connectivity index (χ1) is 13.6. The second-order valence-electron chi connectivity index (χ2n) is 6.22. The summed E-state index contributed by atoms with van der Waals surface area (Å²) in [5, 5.41) is 10.5. The van der Waals surface area contributed by atoms with Crippen LogP contribution < -0.4 is 0 Å². The number of aromatic amines is 1. The molecule has 0 atom stereocenters. The van der Waals surface area contributed by atoms with Gasteiger partial charge >= 0.3 is 5.97 Å². The van der Waals surface area contributed by atoms with Crippen LogP contribution >= 0.6 is 0 Å². The van der Waals surface area contributed by atoms with Crippen molar-refractivity contribution in [3.63, 3.8) is 0 Å². The molecular formula is C21H15FN4O2. The number of hydrogen-bond acceptors (Lipinski definition) is 4. The lowest BCUT2D eigenvalue weighted by atomic mass is 10.1. The number of nitriles is 1. The first-order valence-electron chi connectivity index (χ1n) is 8.51. The van der Waals surface area contributed by atoms with Crippen LogP contribution in [-0.2, 0) is 16.1 Å². The van der Waals surface area contributed by atoms with Gasteiger partial charge in [0.1, 0.15) is 24.3 Å². The summed E-state index contributed by atoms with van der Waals surface area (Å²) in [5.74, 6) is -0.389. The van der Waals surface area contributed by atoms with E-state index in [1.165, 1.54) is 19.2 Å². The van der Waals surface area contributed by atoms with E-state index in [1.54, 1.807) is 22.9 Å². The fraction of sp³-hybridized carbons (Fsp3) is 0.0952. The van der Waals surface area contributed by atoms with Gasteiger partial charge in [-0.05, 0) is 30.3 Å². The molecule has 1 N–H and O–H groups in total. The Morgan fingerprint density at radius 2 is 2.18 bits per heavy atom. The number of para-hydroxylation sites is 1. The molecule has 4 aromatic rings. The van der Waals surface area contributed by atoms with Crippen LogP contribution in [-0.4, -0.2) is 27.6 Å². The molecule has 0 bridgehead atoms. The smallest absolute Gasteiger partial charge is 0.325 e. The molecule has 0 spiro atoms. The van der Waals surface area contributed by atoms with Gasteiger partial charge in [-0.1, -0.05) is 18.2 Å². The van der Waals surface area contributed by atoms with E-state index in [-0.39, 0.29) is 18.3 Å². The van der Waals surface area contributed by atoms with Crippen molar-refractivity contribution in [2.75, 3.05) is 7.11 Å². The Balaban J connectivity index is 1.82. The topological polar surface area (TPSA) is 83.7 Å². The number of methoxy groups -OCH3 is 1. The largest absolute Gasteiger partial charge is 0.468 e. The zero-order valence-electron chi connectivity index (χ0n) is 14.9. The van der Waals surface area contributed by atoms with E-state index in [0.717, 1.165) is 16.5 Å². The lowest BCUT2D eigenvalue weighted by Gasteiger charge is -2.02. The summed E-state index contributed by atoms with van der Waals surface area (Å²) in [6, 6.07) is 13.9. The van der Waals surface area contributed by atoms with Gasteiger partial charge in [0.05, 0.1) is 23.7 Å². The third kappa shape index (κ3) is 3.12. The summed E-state index contributed by atoms with van der Waals surface area (Å²) in [6.45, 7) is 0.0661.